The molecule has 1 aromatic heterocycles. The molecule has 3 rings (SSSR count). The molecule has 1 atom stereocenters. The Labute approximate surface area is 175 Å². The van der Waals surface area contributed by atoms with Crippen LogP contribution in [-0.4, -0.2) is 28.0 Å². The number of aromatic nitrogens is 3. The topological polar surface area (TPSA) is 36.4 Å². The maximum absolute atomic E-state index is 6.33. The van der Waals surface area contributed by atoms with Crippen molar-refractivity contribution in [2.45, 2.75) is 13.2 Å². The molecule has 0 spiro atoms. The van der Waals surface area contributed by atoms with Gasteiger partial charge in [0, 0.05) is 18.2 Å². The highest BCUT2D eigenvalue weighted by Gasteiger charge is 2.15. The number of hydrogen-bond donors (Lipinski definition) is 1. The van der Waals surface area contributed by atoms with Gasteiger partial charge in [-0.3, -0.25) is 0 Å². The molecule has 1 unspecified atom stereocenters. The highest BCUT2D eigenvalue weighted by atomic mass is 35.5. The maximum Gasteiger partial charge on any atom is 0.202 e. The molecule has 1 N–H and O–H groups in total. The summed E-state index contributed by atoms with van der Waals surface area (Å²) in [6.07, 6.45) is 1.74. The normalized spacial score (nSPS) is 12.0. The lowest BCUT2D eigenvalue weighted by Crippen LogP contribution is -3.07. The molecule has 0 bridgehead atoms. The van der Waals surface area contributed by atoms with E-state index in [0.29, 0.717) is 23.1 Å². The molecular formula is C21H24ClN4OS+. The molecule has 0 amide bonds. The number of ether oxygens (including phenoxy) is 1. The quantitative estimate of drug-likeness (QED) is 0.452. The number of hydrogen-bond acceptors (Lipinski definition) is 3. The Morgan fingerprint density at radius 1 is 1.21 bits per heavy atom. The summed E-state index contributed by atoms with van der Waals surface area (Å²) in [5, 5.41) is 5.37. The second-order valence-electron chi connectivity index (χ2n) is 6.68. The Morgan fingerprint density at radius 2 is 1.93 bits per heavy atom. The van der Waals surface area contributed by atoms with E-state index in [1.807, 2.05) is 52.7 Å². The Bertz CT molecular complexity index is 1010. The molecule has 146 valence electrons. The van der Waals surface area contributed by atoms with E-state index in [1.165, 1.54) is 10.5 Å². The zero-order valence-corrected chi connectivity index (χ0v) is 17.6. The summed E-state index contributed by atoms with van der Waals surface area (Å²) >= 11 is 11.9. The summed E-state index contributed by atoms with van der Waals surface area (Å²) in [5.74, 6) is 1.62. The summed E-state index contributed by atoms with van der Waals surface area (Å²) < 4.78 is 9.95. The first-order valence-electron chi connectivity index (χ1n) is 9.02. The van der Waals surface area contributed by atoms with Gasteiger partial charge in [0.15, 0.2) is 12.5 Å². The SMILES string of the molecule is C=CCOc1ccc(C[NH+](C)Cn2nc(-c3ccccc3Cl)n(C)c2=S)cc1. The van der Waals surface area contributed by atoms with Crippen molar-refractivity contribution in [2.24, 2.45) is 7.05 Å². The number of nitrogens with zero attached hydrogens (tertiary/aromatic N) is 3. The summed E-state index contributed by atoms with van der Waals surface area (Å²) in [6, 6.07) is 15.8. The van der Waals surface area contributed by atoms with Crippen molar-refractivity contribution in [3.8, 4) is 17.1 Å². The van der Waals surface area contributed by atoms with Crippen molar-refractivity contribution in [3.05, 3.63) is 76.5 Å². The van der Waals surface area contributed by atoms with E-state index in [2.05, 4.69) is 25.8 Å². The molecule has 0 fully saturated rings. The minimum absolute atomic E-state index is 0.510. The van der Waals surface area contributed by atoms with Gasteiger partial charge in [-0.1, -0.05) is 36.4 Å². The molecule has 1 heterocycles. The average Bonchev–Trinajstić information content (AvgIpc) is 2.96. The third-order valence-corrected chi connectivity index (χ3v) is 5.19. The highest BCUT2D eigenvalue weighted by molar-refractivity contribution is 7.71. The van der Waals surface area contributed by atoms with Crippen LogP contribution in [0.1, 0.15) is 5.56 Å². The predicted octanol–water partition coefficient (Wildman–Crippen LogP) is 3.51. The third kappa shape index (κ3) is 4.70. The first kappa shape index (κ1) is 20.3. The van der Waals surface area contributed by atoms with Gasteiger partial charge in [-0.15, -0.1) is 5.10 Å². The Hall–Kier alpha value is -2.41. The number of benzene rings is 2. The van der Waals surface area contributed by atoms with E-state index in [-0.39, 0.29) is 0 Å². The van der Waals surface area contributed by atoms with Crippen LogP contribution < -0.4 is 9.64 Å². The molecular weight excluding hydrogens is 392 g/mol. The molecule has 0 aliphatic carbocycles. The van der Waals surface area contributed by atoms with Crippen LogP contribution in [0.4, 0.5) is 0 Å². The van der Waals surface area contributed by atoms with Crippen molar-refractivity contribution in [1.29, 1.82) is 0 Å². The second kappa shape index (κ2) is 9.19. The number of nitrogens with one attached hydrogen (secondary N) is 1. The lowest BCUT2D eigenvalue weighted by atomic mass is 10.2. The minimum Gasteiger partial charge on any atom is -0.490 e. The van der Waals surface area contributed by atoms with Crippen molar-refractivity contribution >= 4 is 23.8 Å². The smallest absolute Gasteiger partial charge is 0.202 e. The van der Waals surface area contributed by atoms with Crippen LogP contribution in [0.3, 0.4) is 0 Å². The van der Waals surface area contributed by atoms with Gasteiger partial charge < -0.3 is 14.2 Å². The first-order chi connectivity index (χ1) is 13.5. The summed E-state index contributed by atoms with van der Waals surface area (Å²) in [4.78, 5) is 1.26. The Morgan fingerprint density at radius 3 is 2.61 bits per heavy atom. The molecule has 0 saturated carbocycles. The van der Waals surface area contributed by atoms with E-state index in [1.54, 1.807) is 6.08 Å². The molecule has 0 aliphatic heterocycles. The summed E-state index contributed by atoms with van der Waals surface area (Å²) in [5.41, 5.74) is 2.10. The highest BCUT2D eigenvalue weighted by Crippen LogP contribution is 2.25. The zero-order valence-electron chi connectivity index (χ0n) is 16.1. The van der Waals surface area contributed by atoms with Crippen LogP contribution >= 0.6 is 23.8 Å². The van der Waals surface area contributed by atoms with Crippen LogP contribution in [0.2, 0.25) is 5.02 Å². The van der Waals surface area contributed by atoms with Crippen molar-refractivity contribution in [3.63, 3.8) is 0 Å². The van der Waals surface area contributed by atoms with Crippen LogP contribution in [0.15, 0.2) is 61.2 Å². The lowest BCUT2D eigenvalue weighted by molar-refractivity contribution is -0.917. The maximum atomic E-state index is 6.33. The van der Waals surface area contributed by atoms with Gasteiger partial charge in [0.1, 0.15) is 18.9 Å². The monoisotopic (exact) mass is 415 g/mol. The van der Waals surface area contributed by atoms with E-state index in [9.17, 15) is 0 Å². The predicted molar refractivity (Wildman–Crippen MR) is 115 cm³/mol. The van der Waals surface area contributed by atoms with Crippen LogP contribution in [0.5, 0.6) is 5.75 Å². The number of quaternary nitrogens is 1. The van der Waals surface area contributed by atoms with Crippen LogP contribution in [-0.2, 0) is 20.3 Å². The van der Waals surface area contributed by atoms with Gasteiger partial charge >= 0.3 is 0 Å². The zero-order chi connectivity index (χ0) is 20.1. The van der Waals surface area contributed by atoms with Crippen molar-refractivity contribution in [2.75, 3.05) is 13.7 Å². The van der Waals surface area contributed by atoms with Gasteiger partial charge in [-0.2, -0.15) is 4.68 Å². The van der Waals surface area contributed by atoms with Gasteiger partial charge in [0.25, 0.3) is 0 Å². The van der Waals surface area contributed by atoms with Gasteiger partial charge in [0.05, 0.1) is 12.1 Å². The molecule has 0 radical (unpaired) electrons. The van der Waals surface area contributed by atoms with E-state index in [0.717, 1.165) is 23.7 Å². The molecule has 5 nitrogen and oxygen atoms in total. The molecule has 28 heavy (non-hydrogen) atoms. The standard InChI is InChI=1S/C21H23ClN4OS/c1-4-13-27-17-11-9-16(10-12-17)14-24(2)15-26-21(28)25(3)20(23-26)18-7-5-6-8-19(18)22/h4-12H,1,13-15H2,2-3H3/p+1. The molecule has 0 saturated heterocycles. The molecule has 2 aromatic carbocycles. The Kier molecular flexibility index (Phi) is 6.67. The van der Waals surface area contributed by atoms with Gasteiger partial charge in [-0.05, 0) is 48.6 Å². The number of rotatable bonds is 8. The van der Waals surface area contributed by atoms with Gasteiger partial charge in [-0.25, -0.2) is 0 Å². The summed E-state index contributed by atoms with van der Waals surface area (Å²) in [7, 11) is 4.04. The third-order valence-electron chi connectivity index (χ3n) is 4.37. The Balaban J connectivity index is 1.71. The fourth-order valence-electron chi connectivity index (χ4n) is 2.99. The second-order valence-corrected chi connectivity index (χ2v) is 7.45. The van der Waals surface area contributed by atoms with E-state index in [4.69, 9.17) is 33.7 Å². The van der Waals surface area contributed by atoms with Crippen molar-refractivity contribution in [1.82, 2.24) is 14.3 Å². The largest absolute Gasteiger partial charge is 0.490 e. The van der Waals surface area contributed by atoms with E-state index >= 15 is 0 Å². The van der Waals surface area contributed by atoms with E-state index < -0.39 is 0 Å². The minimum atomic E-state index is 0.510. The first-order valence-corrected chi connectivity index (χ1v) is 9.81. The molecule has 7 heteroatoms. The molecule has 3 aromatic rings. The fraction of sp³-hybridized carbons (Fsp3) is 0.238. The van der Waals surface area contributed by atoms with Crippen molar-refractivity contribution < 1.29 is 9.64 Å². The number of halogens is 1. The van der Waals surface area contributed by atoms with Gasteiger partial charge in [0.2, 0.25) is 4.77 Å². The molecule has 0 aliphatic rings. The summed E-state index contributed by atoms with van der Waals surface area (Å²) in [6.45, 7) is 5.67. The van der Waals surface area contributed by atoms with Crippen LogP contribution in [0.25, 0.3) is 11.4 Å². The fourth-order valence-corrected chi connectivity index (χ4v) is 3.40. The average molecular weight is 416 g/mol. The lowest BCUT2D eigenvalue weighted by Gasteiger charge is -2.14. The van der Waals surface area contributed by atoms with Crippen LogP contribution in [0, 0.1) is 4.77 Å².